The summed E-state index contributed by atoms with van der Waals surface area (Å²) < 4.78 is 10.9. The van der Waals surface area contributed by atoms with Gasteiger partial charge in [0.05, 0.1) is 25.8 Å². The third-order valence-electron chi connectivity index (χ3n) is 5.76. The summed E-state index contributed by atoms with van der Waals surface area (Å²) in [5.74, 6) is 2.48. The number of methoxy groups -OCH3 is 2. The Bertz CT molecular complexity index is 1260. The number of fused-ring (bicyclic) bond motifs is 2. The molecule has 0 atom stereocenters. The Balaban J connectivity index is 1.48. The first-order valence-corrected chi connectivity index (χ1v) is 10.4. The third-order valence-corrected chi connectivity index (χ3v) is 5.76. The molecular weight excluding hydrogens is 406 g/mol. The van der Waals surface area contributed by atoms with Crippen molar-refractivity contribution >= 4 is 28.5 Å². The first-order valence-electron chi connectivity index (χ1n) is 10.4. The minimum atomic E-state index is 0.233. The zero-order valence-electron chi connectivity index (χ0n) is 18.1. The van der Waals surface area contributed by atoms with Crippen molar-refractivity contribution in [1.29, 1.82) is 0 Å². The van der Waals surface area contributed by atoms with Crippen molar-refractivity contribution in [3.63, 3.8) is 0 Å². The molecule has 32 heavy (non-hydrogen) atoms. The molecular formula is C23H25N7O2. The van der Waals surface area contributed by atoms with E-state index in [1.54, 1.807) is 20.4 Å². The maximum Gasteiger partial charge on any atom is 0.224 e. The third kappa shape index (κ3) is 3.62. The van der Waals surface area contributed by atoms with Crippen LogP contribution in [0.2, 0.25) is 0 Å². The number of benzene rings is 2. The van der Waals surface area contributed by atoms with E-state index in [-0.39, 0.29) is 5.95 Å². The van der Waals surface area contributed by atoms with Gasteiger partial charge in [-0.2, -0.15) is 15.1 Å². The first kappa shape index (κ1) is 19.9. The predicted molar refractivity (Wildman–Crippen MR) is 124 cm³/mol. The highest BCUT2D eigenvalue weighted by Crippen LogP contribution is 2.33. The summed E-state index contributed by atoms with van der Waals surface area (Å²) in [6, 6.07) is 14.5. The van der Waals surface area contributed by atoms with Crippen molar-refractivity contribution in [1.82, 2.24) is 20.2 Å². The van der Waals surface area contributed by atoms with Gasteiger partial charge < -0.3 is 25.0 Å². The molecule has 164 valence electrons. The monoisotopic (exact) mass is 431 g/mol. The Morgan fingerprint density at radius 2 is 1.88 bits per heavy atom. The standard InChI is InChI=1S/C23H25N7O2/c1-31-19-8-7-15(11-20(19)32-2)13-29-9-10-30(14-16-5-3-4-6-18(16)29)22-17-12-25-28-21(17)26-23(24)27-22/h3-8,11-12H,9-10,13-14H2,1-2H3,(H3,24,25,26,27,28). The predicted octanol–water partition coefficient (Wildman–Crippen LogP) is 2.98. The summed E-state index contributed by atoms with van der Waals surface area (Å²) >= 11 is 0. The number of rotatable bonds is 5. The van der Waals surface area contributed by atoms with Crippen molar-refractivity contribution < 1.29 is 9.47 Å². The lowest BCUT2D eigenvalue weighted by Crippen LogP contribution is -2.31. The van der Waals surface area contributed by atoms with Crippen LogP contribution in [0.5, 0.6) is 11.5 Å². The van der Waals surface area contributed by atoms with E-state index in [4.69, 9.17) is 15.2 Å². The molecule has 3 heterocycles. The van der Waals surface area contributed by atoms with Crippen molar-refractivity contribution in [2.24, 2.45) is 0 Å². The quantitative estimate of drug-likeness (QED) is 0.497. The molecule has 0 saturated heterocycles. The highest BCUT2D eigenvalue weighted by molar-refractivity contribution is 5.87. The number of aromatic amines is 1. The van der Waals surface area contributed by atoms with Gasteiger partial charge in [-0.25, -0.2) is 0 Å². The SMILES string of the molecule is COc1ccc(CN2CCN(c3nc(N)nc4[nH]ncc34)Cc3ccccc32)cc1OC. The van der Waals surface area contributed by atoms with Gasteiger partial charge in [0.1, 0.15) is 5.82 Å². The van der Waals surface area contributed by atoms with E-state index in [1.165, 1.54) is 11.3 Å². The molecule has 0 unspecified atom stereocenters. The smallest absolute Gasteiger partial charge is 0.224 e. The Morgan fingerprint density at radius 1 is 1.03 bits per heavy atom. The van der Waals surface area contributed by atoms with Crippen LogP contribution < -0.4 is 25.0 Å². The number of nitrogen functional groups attached to an aromatic ring is 1. The molecule has 2 aromatic carbocycles. The molecule has 0 bridgehead atoms. The van der Waals surface area contributed by atoms with Gasteiger partial charge in [0, 0.05) is 31.9 Å². The van der Waals surface area contributed by atoms with Crippen molar-refractivity contribution in [3.8, 4) is 11.5 Å². The number of nitrogens with one attached hydrogen (secondary N) is 1. The fourth-order valence-electron chi connectivity index (χ4n) is 4.22. The highest BCUT2D eigenvalue weighted by Gasteiger charge is 2.23. The Labute approximate surface area is 185 Å². The van der Waals surface area contributed by atoms with Gasteiger partial charge >= 0.3 is 0 Å². The van der Waals surface area contributed by atoms with Crippen LogP contribution in [0.15, 0.2) is 48.7 Å². The maximum atomic E-state index is 5.98. The van der Waals surface area contributed by atoms with Gasteiger partial charge in [0.25, 0.3) is 0 Å². The van der Waals surface area contributed by atoms with Crippen LogP contribution in [0.4, 0.5) is 17.5 Å². The average molecular weight is 432 g/mol. The highest BCUT2D eigenvalue weighted by atomic mass is 16.5. The molecule has 0 amide bonds. The lowest BCUT2D eigenvalue weighted by atomic mass is 10.1. The Hall–Kier alpha value is -4.01. The molecule has 0 aliphatic carbocycles. The van der Waals surface area contributed by atoms with Crippen molar-refractivity contribution in [2.75, 3.05) is 42.8 Å². The minimum Gasteiger partial charge on any atom is -0.493 e. The topological polar surface area (TPSA) is 105 Å². The number of ether oxygens (including phenoxy) is 2. The average Bonchev–Trinajstić information content (AvgIpc) is 3.21. The summed E-state index contributed by atoms with van der Waals surface area (Å²) in [6.07, 6.45) is 1.75. The molecule has 1 aliphatic rings. The Kier molecular flexibility index (Phi) is 5.14. The number of hydrogen-bond donors (Lipinski definition) is 2. The van der Waals surface area contributed by atoms with E-state index in [9.17, 15) is 0 Å². The molecule has 3 N–H and O–H groups in total. The van der Waals surface area contributed by atoms with E-state index in [0.717, 1.165) is 54.4 Å². The summed E-state index contributed by atoms with van der Waals surface area (Å²) in [5, 5.41) is 7.89. The van der Waals surface area contributed by atoms with Crippen molar-refractivity contribution in [2.45, 2.75) is 13.1 Å². The van der Waals surface area contributed by atoms with E-state index < -0.39 is 0 Å². The van der Waals surface area contributed by atoms with Crippen LogP contribution in [0.1, 0.15) is 11.1 Å². The second-order valence-electron chi connectivity index (χ2n) is 7.70. The first-order chi connectivity index (χ1) is 15.7. The van der Waals surface area contributed by atoms with Crippen molar-refractivity contribution in [3.05, 3.63) is 59.8 Å². The van der Waals surface area contributed by atoms with Crippen LogP contribution in [0.3, 0.4) is 0 Å². The number of hydrogen-bond acceptors (Lipinski definition) is 8. The zero-order chi connectivity index (χ0) is 22.1. The lowest BCUT2D eigenvalue weighted by molar-refractivity contribution is 0.354. The van der Waals surface area contributed by atoms with Crippen LogP contribution in [-0.4, -0.2) is 47.5 Å². The molecule has 1 aliphatic heterocycles. The van der Waals surface area contributed by atoms with Gasteiger partial charge in [0.15, 0.2) is 17.1 Å². The molecule has 4 aromatic rings. The van der Waals surface area contributed by atoms with E-state index >= 15 is 0 Å². The molecule has 0 saturated carbocycles. The van der Waals surface area contributed by atoms with Crippen LogP contribution in [-0.2, 0) is 13.1 Å². The van der Waals surface area contributed by atoms with E-state index in [1.807, 2.05) is 12.1 Å². The fourth-order valence-corrected chi connectivity index (χ4v) is 4.22. The summed E-state index contributed by atoms with van der Waals surface area (Å²) in [7, 11) is 3.30. The normalized spacial score (nSPS) is 13.7. The van der Waals surface area contributed by atoms with Gasteiger partial charge in [0.2, 0.25) is 5.95 Å². The molecule has 0 spiro atoms. The van der Waals surface area contributed by atoms with Gasteiger partial charge in [-0.15, -0.1) is 0 Å². The number of anilines is 3. The van der Waals surface area contributed by atoms with E-state index in [0.29, 0.717) is 5.65 Å². The molecule has 2 aromatic heterocycles. The van der Waals surface area contributed by atoms with Gasteiger partial charge in [-0.1, -0.05) is 24.3 Å². The number of aromatic nitrogens is 4. The zero-order valence-corrected chi connectivity index (χ0v) is 18.1. The molecule has 0 radical (unpaired) electrons. The largest absolute Gasteiger partial charge is 0.493 e. The van der Waals surface area contributed by atoms with Gasteiger partial charge in [-0.3, -0.25) is 5.10 Å². The second-order valence-corrected chi connectivity index (χ2v) is 7.70. The number of nitrogens with two attached hydrogens (primary N) is 1. The fraction of sp³-hybridized carbons (Fsp3) is 0.261. The number of H-pyrrole nitrogens is 1. The Morgan fingerprint density at radius 3 is 2.72 bits per heavy atom. The lowest BCUT2D eigenvalue weighted by Gasteiger charge is -2.25. The van der Waals surface area contributed by atoms with Crippen LogP contribution in [0, 0.1) is 0 Å². The number of para-hydroxylation sites is 1. The molecule has 0 fully saturated rings. The molecule has 5 rings (SSSR count). The second kappa shape index (κ2) is 8.26. The minimum absolute atomic E-state index is 0.233. The summed E-state index contributed by atoms with van der Waals surface area (Å²) in [4.78, 5) is 13.4. The van der Waals surface area contributed by atoms with Crippen LogP contribution >= 0.6 is 0 Å². The maximum absolute atomic E-state index is 5.98. The molecule has 9 heteroatoms. The summed E-state index contributed by atoms with van der Waals surface area (Å²) in [6.45, 7) is 3.06. The summed E-state index contributed by atoms with van der Waals surface area (Å²) in [5.41, 5.74) is 10.2. The van der Waals surface area contributed by atoms with E-state index in [2.05, 4.69) is 60.3 Å². The molecule has 9 nitrogen and oxygen atoms in total. The number of nitrogens with zero attached hydrogens (tertiary/aromatic N) is 5. The van der Waals surface area contributed by atoms with Gasteiger partial charge in [-0.05, 0) is 29.3 Å². The van der Waals surface area contributed by atoms with Crippen LogP contribution in [0.25, 0.3) is 11.0 Å².